The average Bonchev–Trinajstić information content (AvgIpc) is 2.92. The molecule has 3 aromatic rings. The fourth-order valence-electron chi connectivity index (χ4n) is 2.21. The topological polar surface area (TPSA) is 78.0 Å². The molecule has 2 aromatic carbocycles. The number of hydrogen-bond acceptors (Lipinski definition) is 3. The van der Waals surface area contributed by atoms with Crippen LogP contribution in [0, 0.1) is 13.8 Å². The first kappa shape index (κ1) is 13.2. The number of aromatic hydroxyl groups is 1. The number of carbonyl (C=O) groups is 1. The number of aryl methyl sites for hydroxylation is 2. The molecule has 0 atom stereocenters. The number of H-pyrrole nitrogens is 1. The molecule has 0 spiro atoms. The molecule has 3 N–H and O–H groups in total. The number of carbonyl (C=O) groups excluding carboxylic acids is 1. The van der Waals surface area contributed by atoms with Crippen LogP contribution in [0.15, 0.2) is 36.5 Å². The van der Waals surface area contributed by atoms with Crippen LogP contribution in [0.25, 0.3) is 10.9 Å². The number of nitrogens with one attached hydrogen (secondary N) is 2. The van der Waals surface area contributed by atoms with Crippen LogP contribution in [-0.2, 0) is 0 Å². The minimum absolute atomic E-state index is 0.195. The summed E-state index contributed by atoms with van der Waals surface area (Å²) in [6.45, 7) is 3.63. The summed E-state index contributed by atoms with van der Waals surface area (Å²) in [4.78, 5) is 12.3. The van der Waals surface area contributed by atoms with Crippen molar-refractivity contribution in [3.05, 3.63) is 53.2 Å². The normalized spacial score (nSPS) is 10.8. The summed E-state index contributed by atoms with van der Waals surface area (Å²) in [5.74, 6) is 0.0315. The third-order valence-electron chi connectivity index (χ3n) is 3.50. The van der Waals surface area contributed by atoms with Gasteiger partial charge in [0.05, 0.1) is 11.7 Å². The number of benzene rings is 2. The van der Waals surface area contributed by atoms with E-state index in [1.54, 1.807) is 37.4 Å². The van der Waals surface area contributed by atoms with Gasteiger partial charge in [0, 0.05) is 16.6 Å². The Morgan fingerprint density at radius 1 is 1.19 bits per heavy atom. The van der Waals surface area contributed by atoms with Gasteiger partial charge in [-0.2, -0.15) is 5.10 Å². The van der Waals surface area contributed by atoms with Gasteiger partial charge in [-0.1, -0.05) is 6.07 Å². The van der Waals surface area contributed by atoms with Crippen molar-refractivity contribution in [2.75, 3.05) is 5.32 Å². The van der Waals surface area contributed by atoms with Gasteiger partial charge in [0.15, 0.2) is 0 Å². The van der Waals surface area contributed by atoms with E-state index in [0.717, 1.165) is 22.0 Å². The molecule has 21 heavy (non-hydrogen) atoms. The standard InChI is InChI=1S/C16H15N3O2/c1-9-6-15(20)10(2)5-13(9)18-16(21)11-3-4-12-8-17-19-14(12)7-11/h3-8,20H,1-2H3,(H,17,19)(H,18,21). The van der Waals surface area contributed by atoms with E-state index < -0.39 is 0 Å². The minimum Gasteiger partial charge on any atom is -0.508 e. The zero-order chi connectivity index (χ0) is 15.0. The molecule has 106 valence electrons. The van der Waals surface area contributed by atoms with Crippen molar-refractivity contribution >= 4 is 22.5 Å². The zero-order valence-corrected chi connectivity index (χ0v) is 11.8. The first-order valence-electron chi connectivity index (χ1n) is 6.59. The predicted molar refractivity (Wildman–Crippen MR) is 81.6 cm³/mol. The van der Waals surface area contributed by atoms with Crippen LogP contribution in [0.3, 0.4) is 0 Å². The molecule has 0 aliphatic carbocycles. The molecule has 0 saturated heterocycles. The van der Waals surface area contributed by atoms with Gasteiger partial charge >= 0.3 is 0 Å². The highest BCUT2D eigenvalue weighted by Gasteiger charge is 2.10. The Morgan fingerprint density at radius 3 is 2.81 bits per heavy atom. The van der Waals surface area contributed by atoms with Gasteiger partial charge in [0.1, 0.15) is 5.75 Å². The largest absolute Gasteiger partial charge is 0.508 e. The Morgan fingerprint density at radius 2 is 2.00 bits per heavy atom. The van der Waals surface area contributed by atoms with Crippen molar-refractivity contribution in [2.45, 2.75) is 13.8 Å². The minimum atomic E-state index is -0.195. The summed E-state index contributed by atoms with van der Waals surface area (Å²) in [6.07, 6.45) is 1.71. The van der Waals surface area contributed by atoms with E-state index >= 15 is 0 Å². The second-order valence-corrected chi connectivity index (χ2v) is 5.08. The lowest BCUT2D eigenvalue weighted by Gasteiger charge is -2.10. The molecule has 0 saturated carbocycles. The lowest BCUT2D eigenvalue weighted by molar-refractivity contribution is 0.102. The monoisotopic (exact) mass is 281 g/mol. The number of fused-ring (bicyclic) bond motifs is 1. The number of phenolic OH excluding ortho intramolecular Hbond substituents is 1. The molecule has 0 aliphatic heterocycles. The Balaban J connectivity index is 1.90. The molecule has 1 aromatic heterocycles. The van der Waals surface area contributed by atoms with E-state index in [1.807, 2.05) is 13.0 Å². The molecule has 0 aliphatic rings. The third-order valence-corrected chi connectivity index (χ3v) is 3.50. The van der Waals surface area contributed by atoms with Gasteiger partial charge in [-0.3, -0.25) is 9.89 Å². The number of nitrogens with zero attached hydrogens (tertiary/aromatic N) is 1. The Kier molecular flexibility index (Phi) is 3.10. The fourth-order valence-corrected chi connectivity index (χ4v) is 2.21. The van der Waals surface area contributed by atoms with Crippen molar-refractivity contribution in [3.63, 3.8) is 0 Å². The second kappa shape index (κ2) is 4.94. The van der Waals surface area contributed by atoms with Crippen molar-refractivity contribution in [1.29, 1.82) is 0 Å². The van der Waals surface area contributed by atoms with Crippen molar-refractivity contribution in [3.8, 4) is 5.75 Å². The average molecular weight is 281 g/mol. The van der Waals surface area contributed by atoms with Crippen molar-refractivity contribution in [2.24, 2.45) is 0 Å². The van der Waals surface area contributed by atoms with Crippen LogP contribution in [0.4, 0.5) is 5.69 Å². The maximum atomic E-state index is 12.3. The number of amides is 1. The molecule has 0 fully saturated rings. The van der Waals surface area contributed by atoms with E-state index in [9.17, 15) is 9.90 Å². The van der Waals surface area contributed by atoms with E-state index in [1.165, 1.54) is 0 Å². The molecule has 0 radical (unpaired) electrons. The molecular weight excluding hydrogens is 266 g/mol. The van der Waals surface area contributed by atoms with Crippen LogP contribution in [0.5, 0.6) is 5.75 Å². The summed E-state index contributed by atoms with van der Waals surface area (Å²) in [5.41, 5.74) is 3.60. The molecule has 1 heterocycles. The second-order valence-electron chi connectivity index (χ2n) is 5.08. The lowest BCUT2D eigenvalue weighted by Crippen LogP contribution is -2.12. The maximum absolute atomic E-state index is 12.3. The smallest absolute Gasteiger partial charge is 0.255 e. The van der Waals surface area contributed by atoms with E-state index in [4.69, 9.17) is 0 Å². The van der Waals surface area contributed by atoms with Crippen LogP contribution >= 0.6 is 0 Å². The first-order valence-corrected chi connectivity index (χ1v) is 6.59. The molecule has 0 unspecified atom stereocenters. The first-order chi connectivity index (χ1) is 10.0. The Bertz CT molecular complexity index is 837. The number of anilines is 1. The van der Waals surface area contributed by atoms with Crippen LogP contribution in [0.2, 0.25) is 0 Å². The van der Waals surface area contributed by atoms with Gasteiger partial charge in [-0.15, -0.1) is 0 Å². The third kappa shape index (κ3) is 2.45. The number of hydrogen-bond donors (Lipinski definition) is 3. The number of rotatable bonds is 2. The van der Waals surface area contributed by atoms with Gasteiger partial charge in [-0.25, -0.2) is 0 Å². The number of aromatic amines is 1. The molecule has 3 rings (SSSR count). The van der Waals surface area contributed by atoms with Gasteiger partial charge in [0.2, 0.25) is 0 Å². The predicted octanol–water partition coefficient (Wildman–Crippen LogP) is 3.14. The highest BCUT2D eigenvalue weighted by molar-refractivity contribution is 6.06. The summed E-state index contributed by atoms with van der Waals surface area (Å²) in [5, 5.41) is 20.3. The lowest BCUT2D eigenvalue weighted by atomic mass is 10.1. The summed E-state index contributed by atoms with van der Waals surface area (Å²) >= 11 is 0. The van der Waals surface area contributed by atoms with Gasteiger partial charge in [0.25, 0.3) is 5.91 Å². The fraction of sp³-hybridized carbons (Fsp3) is 0.125. The van der Waals surface area contributed by atoms with E-state index in [-0.39, 0.29) is 11.7 Å². The molecule has 5 heteroatoms. The highest BCUT2D eigenvalue weighted by atomic mass is 16.3. The summed E-state index contributed by atoms with van der Waals surface area (Å²) < 4.78 is 0. The van der Waals surface area contributed by atoms with Crippen molar-refractivity contribution in [1.82, 2.24) is 10.2 Å². The van der Waals surface area contributed by atoms with Gasteiger partial charge < -0.3 is 10.4 Å². The molecule has 1 amide bonds. The van der Waals surface area contributed by atoms with Crippen LogP contribution in [0.1, 0.15) is 21.5 Å². The maximum Gasteiger partial charge on any atom is 0.255 e. The molecule has 0 bridgehead atoms. The van der Waals surface area contributed by atoms with E-state index in [2.05, 4.69) is 15.5 Å². The summed E-state index contributed by atoms with van der Waals surface area (Å²) in [6, 6.07) is 8.78. The summed E-state index contributed by atoms with van der Waals surface area (Å²) in [7, 11) is 0. The SMILES string of the molecule is Cc1cc(NC(=O)c2ccc3cn[nH]c3c2)c(C)cc1O. The van der Waals surface area contributed by atoms with Crippen LogP contribution < -0.4 is 5.32 Å². The number of phenols is 1. The van der Waals surface area contributed by atoms with Gasteiger partial charge in [-0.05, 0) is 49.2 Å². The Hall–Kier alpha value is -2.82. The van der Waals surface area contributed by atoms with Crippen molar-refractivity contribution < 1.29 is 9.90 Å². The van der Waals surface area contributed by atoms with Crippen LogP contribution in [-0.4, -0.2) is 21.2 Å². The highest BCUT2D eigenvalue weighted by Crippen LogP contribution is 2.25. The Labute approximate surface area is 121 Å². The quantitative estimate of drug-likeness (QED) is 0.631. The molecule has 5 nitrogen and oxygen atoms in total. The zero-order valence-electron chi connectivity index (χ0n) is 11.8. The number of aromatic nitrogens is 2. The van der Waals surface area contributed by atoms with E-state index in [0.29, 0.717) is 11.3 Å². The molecular formula is C16H15N3O2.